The molecule has 0 aliphatic rings. The van der Waals surface area contributed by atoms with Crippen LogP contribution in [0.15, 0.2) is 42.7 Å². The van der Waals surface area contributed by atoms with E-state index in [1.165, 1.54) is 12.1 Å². The summed E-state index contributed by atoms with van der Waals surface area (Å²) in [5, 5.41) is 11.2. The third-order valence-electron chi connectivity index (χ3n) is 3.42. The molecule has 2 aromatic rings. The Bertz CT molecular complexity index is 634. The van der Waals surface area contributed by atoms with E-state index in [4.69, 9.17) is 0 Å². The van der Waals surface area contributed by atoms with Gasteiger partial charge in [-0.05, 0) is 37.6 Å². The fraction of sp³-hybridized carbons (Fsp3) is 0.267. The monoisotopic (exact) mass is 289 g/mol. The van der Waals surface area contributed by atoms with Gasteiger partial charge in [-0.15, -0.1) is 0 Å². The van der Waals surface area contributed by atoms with Crippen molar-refractivity contribution in [1.82, 2.24) is 4.98 Å². The molecule has 0 bridgehead atoms. The third kappa shape index (κ3) is 3.16. The van der Waals surface area contributed by atoms with E-state index in [0.29, 0.717) is 12.2 Å². The van der Waals surface area contributed by atoms with Crippen LogP contribution in [-0.2, 0) is 0 Å². The summed E-state index contributed by atoms with van der Waals surface area (Å²) in [5.74, 6) is -0.615. The Morgan fingerprint density at radius 3 is 2.76 bits per heavy atom. The Balaban J connectivity index is 2.44. The molecule has 0 amide bonds. The number of halogens is 1. The average Bonchev–Trinajstić information content (AvgIpc) is 2.50. The van der Waals surface area contributed by atoms with Crippen molar-refractivity contribution in [3.8, 4) is 0 Å². The second-order valence-corrected chi connectivity index (χ2v) is 4.64. The normalized spacial score (nSPS) is 12.0. The van der Waals surface area contributed by atoms with E-state index in [0.717, 1.165) is 11.6 Å². The number of nitro benzene ring substituents is 1. The van der Waals surface area contributed by atoms with E-state index in [1.54, 1.807) is 12.4 Å². The Morgan fingerprint density at radius 2 is 2.19 bits per heavy atom. The smallest absolute Gasteiger partial charge is 0.295 e. The molecule has 0 fully saturated rings. The number of hydrogen-bond acceptors (Lipinski definition) is 4. The van der Waals surface area contributed by atoms with E-state index in [2.05, 4.69) is 4.98 Å². The first kappa shape index (κ1) is 14.9. The first-order chi connectivity index (χ1) is 10.0. The van der Waals surface area contributed by atoms with Crippen LogP contribution in [0.1, 0.15) is 25.5 Å². The van der Waals surface area contributed by atoms with Crippen molar-refractivity contribution in [1.29, 1.82) is 0 Å². The van der Waals surface area contributed by atoms with Gasteiger partial charge in [-0.25, -0.2) is 4.39 Å². The molecule has 0 saturated heterocycles. The molecule has 0 aliphatic heterocycles. The summed E-state index contributed by atoms with van der Waals surface area (Å²) in [6, 6.07) is 7.26. The summed E-state index contributed by atoms with van der Waals surface area (Å²) in [5.41, 5.74) is 1.12. The van der Waals surface area contributed by atoms with Crippen molar-refractivity contribution >= 4 is 11.4 Å². The molecule has 1 unspecified atom stereocenters. The van der Waals surface area contributed by atoms with E-state index in [1.807, 2.05) is 30.9 Å². The maximum absolute atomic E-state index is 13.3. The molecular weight excluding hydrogens is 273 g/mol. The molecule has 1 aromatic carbocycles. The van der Waals surface area contributed by atoms with Gasteiger partial charge in [0.25, 0.3) is 5.69 Å². The minimum absolute atomic E-state index is 0.104. The molecule has 0 saturated carbocycles. The topological polar surface area (TPSA) is 59.3 Å². The van der Waals surface area contributed by atoms with Gasteiger partial charge in [0.05, 0.1) is 17.0 Å². The van der Waals surface area contributed by atoms with Crippen molar-refractivity contribution in [3.63, 3.8) is 0 Å². The highest BCUT2D eigenvalue weighted by atomic mass is 19.1. The Morgan fingerprint density at radius 1 is 1.43 bits per heavy atom. The maximum atomic E-state index is 13.3. The molecule has 1 aromatic heterocycles. The molecule has 2 rings (SSSR count). The predicted molar refractivity (Wildman–Crippen MR) is 78.7 cm³/mol. The van der Waals surface area contributed by atoms with E-state index >= 15 is 0 Å². The van der Waals surface area contributed by atoms with Crippen molar-refractivity contribution < 1.29 is 9.31 Å². The van der Waals surface area contributed by atoms with Crippen molar-refractivity contribution in [2.45, 2.75) is 19.9 Å². The van der Waals surface area contributed by atoms with Crippen molar-refractivity contribution in [3.05, 3.63) is 64.2 Å². The standard InChI is InChI=1S/C15H16FN3O2/c1-3-18(11(2)12-5-4-8-17-10-12)14-7-6-13(16)9-15(14)19(20)21/h4-11H,3H2,1-2H3. The molecule has 0 N–H and O–H groups in total. The van der Waals surface area contributed by atoms with Gasteiger partial charge in [-0.1, -0.05) is 6.07 Å². The van der Waals surface area contributed by atoms with Gasteiger partial charge in [0.15, 0.2) is 0 Å². The van der Waals surface area contributed by atoms with Gasteiger partial charge in [-0.2, -0.15) is 0 Å². The van der Waals surface area contributed by atoms with Gasteiger partial charge in [0.2, 0.25) is 0 Å². The minimum atomic E-state index is -0.615. The molecule has 5 nitrogen and oxygen atoms in total. The maximum Gasteiger partial charge on any atom is 0.295 e. The molecule has 6 heteroatoms. The summed E-state index contributed by atoms with van der Waals surface area (Å²) < 4.78 is 13.3. The van der Waals surface area contributed by atoms with Crippen LogP contribution in [0, 0.1) is 15.9 Å². The van der Waals surface area contributed by atoms with Crippen LogP contribution in [-0.4, -0.2) is 16.5 Å². The summed E-state index contributed by atoms with van der Waals surface area (Å²) >= 11 is 0. The van der Waals surface area contributed by atoms with Gasteiger partial charge in [0, 0.05) is 18.9 Å². The number of hydrogen-bond donors (Lipinski definition) is 0. The summed E-state index contributed by atoms with van der Waals surface area (Å²) in [4.78, 5) is 16.5. The van der Waals surface area contributed by atoms with Crippen LogP contribution in [0.3, 0.4) is 0 Å². The number of pyridine rings is 1. The second kappa shape index (κ2) is 6.30. The van der Waals surface area contributed by atoms with Crippen LogP contribution in [0.25, 0.3) is 0 Å². The molecule has 0 aliphatic carbocycles. The molecule has 1 atom stereocenters. The number of aromatic nitrogens is 1. The van der Waals surface area contributed by atoms with Crippen LogP contribution in [0.2, 0.25) is 0 Å². The van der Waals surface area contributed by atoms with Gasteiger partial charge >= 0.3 is 0 Å². The number of nitrogens with zero attached hydrogens (tertiary/aromatic N) is 3. The van der Waals surface area contributed by atoms with Crippen molar-refractivity contribution in [2.75, 3.05) is 11.4 Å². The summed E-state index contributed by atoms with van der Waals surface area (Å²) in [6.07, 6.45) is 3.40. The first-order valence-electron chi connectivity index (χ1n) is 6.65. The number of nitro groups is 1. The highest BCUT2D eigenvalue weighted by Crippen LogP contribution is 2.34. The van der Waals surface area contributed by atoms with E-state index < -0.39 is 10.7 Å². The van der Waals surface area contributed by atoms with Gasteiger partial charge < -0.3 is 4.90 Å². The zero-order valence-electron chi connectivity index (χ0n) is 11.9. The minimum Gasteiger partial charge on any atom is -0.359 e. The molecule has 21 heavy (non-hydrogen) atoms. The van der Waals surface area contributed by atoms with Crippen LogP contribution in [0.4, 0.5) is 15.8 Å². The predicted octanol–water partition coefficient (Wildman–Crippen LogP) is 3.72. The van der Waals surface area contributed by atoms with Crippen LogP contribution >= 0.6 is 0 Å². The molecule has 0 spiro atoms. The fourth-order valence-corrected chi connectivity index (χ4v) is 2.34. The molecule has 0 radical (unpaired) electrons. The zero-order valence-corrected chi connectivity index (χ0v) is 11.9. The lowest BCUT2D eigenvalue weighted by Gasteiger charge is -2.30. The lowest BCUT2D eigenvalue weighted by molar-refractivity contribution is -0.384. The van der Waals surface area contributed by atoms with Crippen LogP contribution < -0.4 is 4.90 Å². The SMILES string of the molecule is CCN(c1ccc(F)cc1[N+](=O)[O-])C(C)c1cccnc1. The Labute approximate surface area is 122 Å². The lowest BCUT2D eigenvalue weighted by Crippen LogP contribution is -2.27. The van der Waals surface area contributed by atoms with Crippen LogP contribution in [0.5, 0.6) is 0 Å². The number of rotatable bonds is 5. The Hall–Kier alpha value is -2.50. The van der Waals surface area contributed by atoms with E-state index in [-0.39, 0.29) is 11.7 Å². The molecule has 110 valence electrons. The summed E-state index contributed by atoms with van der Waals surface area (Å²) in [6.45, 7) is 4.40. The van der Waals surface area contributed by atoms with Gasteiger partial charge in [0.1, 0.15) is 11.5 Å². The lowest BCUT2D eigenvalue weighted by atomic mass is 10.1. The van der Waals surface area contributed by atoms with E-state index in [9.17, 15) is 14.5 Å². The molecule has 1 heterocycles. The first-order valence-corrected chi connectivity index (χ1v) is 6.65. The fourth-order valence-electron chi connectivity index (χ4n) is 2.34. The van der Waals surface area contributed by atoms with Gasteiger partial charge in [-0.3, -0.25) is 15.1 Å². The summed E-state index contributed by atoms with van der Waals surface area (Å²) in [7, 11) is 0. The zero-order chi connectivity index (χ0) is 15.4. The molecular formula is C15H16FN3O2. The highest BCUT2D eigenvalue weighted by molar-refractivity contribution is 5.64. The second-order valence-electron chi connectivity index (χ2n) is 4.64. The third-order valence-corrected chi connectivity index (χ3v) is 3.42. The number of benzene rings is 1. The van der Waals surface area contributed by atoms with Crippen molar-refractivity contribution in [2.24, 2.45) is 0 Å². The highest BCUT2D eigenvalue weighted by Gasteiger charge is 2.23. The Kier molecular flexibility index (Phi) is 4.47. The quantitative estimate of drug-likeness (QED) is 0.622. The number of anilines is 1. The largest absolute Gasteiger partial charge is 0.359 e. The average molecular weight is 289 g/mol.